The van der Waals surface area contributed by atoms with Crippen LogP contribution in [-0.2, 0) is 6.54 Å². The zero-order chi connectivity index (χ0) is 18.3. The molecule has 26 heavy (non-hydrogen) atoms. The molecule has 0 bridgehead atoms. The molecule has 5 heteroatoms. The van der Waals surface area contributed by atoms with E-state index in [1.54, 1.807) is 10.9 Å². The van der Waals surface area contributed by atoms with E-state index in [-0.39, 0.29) is 5.56 Å². The van der Waals surface area contributed by atoms with Gasteiger partial charge in [0.05, 0.1) is 18.3 Å². The quantitative estimate of drug-likeness (QED) is 0.431. The molecule has 0 aliphatic heterocycles. The summed E-state index contributed by atoms with van der Waals surface area (Å²) in [5.41, 5.74) is 5.55. The lowest BCUT2D eigenvalue weighted by Gasteiger charge is -2.08. The molecule has 0 fully saturated rings. The zero-order valence-electron chi connectivity index (χ0n) is 14.5. The topological polar surface area (TPSA) is 34.9 Å². The van der Waals surface area contributed by atoms with Crippen molar-refractivity contribution in [1.29, 1.82) is 0 Å². The van der Waals surface area contributed by atoms with Gasteiger partial charge in [0, 0.05) is 15.4 Å². The second-order valence-electron chi connectivity index (χ2n) is 6.45. The molecule has 0 spiro atoms. The van der Waals surface area contributed by atoms with Crippen LogP contribution in [0, 0.1) is 13.8 Å². The summed E-state index contributed by atoms with van der Waals surface area (Å²) in [6.07, 6.45) is 1.65. The predicted octanol–water partition coefficient (Wildman–Crippen LogP) is 5.55. The minimum Gasteiger partial charge on any atom is -0.294 e. The number of hydrogen-bond donors (Lipinski definition) is 0. The molecular formula is C21H17BrN2OS. The van der Waals surface area contributed by atoms with Crippen molar-refractivity contribution in [1.82, 2.24) is 9.55 Å². The monoisotopic (exact) mass is 424 g/mol. The number of benzene rings is 2. The van der Waals surface area contributed by atoms with Crippen molar-refractivity contribution < 1.29 is 0 Å². The number of hydrogen-bond acceptors (Lipinski definition) is 3. The van der Waals surface area contributed by atoms with Gasteiger partial charge in [-0.25, -0.2) is 4.98 Å². The Morgan fingerprint density at radius 1 is 1.08 bits per heavy atom. The van der Waals surface area contributed by atoms with Crippen LogP contribution in [0.2, 0.25) is 0 Å². The molecule has 0 saturated heterocycles. The molecule has 0 N–H and O–H groups in total. The minimum atomic E-state index is 0.00847. The van der Waals surface area contributed by atoms with Gasteiger partial charge in [-0.3, -0.25) is 9.36 Å². The first-order valence-corrected chi connectivity index (χ1v) is 9.99. The molecule has 0 aliphatic rings. The summed E-state index contributed by atoms with van der Waals surface area (Å²) in [6.45, 7) is 4.68. The first-order valence-electron chi connectivity index (χ1n) is 8.31. The molecule has 2 heterocycles. The first-order chi connectivity index (χ1) is 12.5. The Bertz CT molecular complexity index is 1160. The van der Waals surface area contributed by atoms with E-state index in [9.17, 15) is 4.79 Å². The summed E-state index contributed by atoms with van der Waals surface area (Å²) < 4.78 is 2.71. The van der Waals surface area contributed by atoms with E-state index in [0.29, 0.717) is 11.9 Å². The molecule has 4 aromatic rings. The third-order valence-corrected chi connectivity index (χ3v) is 5.91. The minimum absolute atomic E-state index is 0.00847. The smallest absolute Gasteiger partial charge is 0.263 e. The molecule has 0 unspecified atom stereocenters. The number of rotatable bonds is 3. The van der Waals surface area contributed by atoms with Crippen LogP contribution in [0.4, 0.5) is 0 Å². The molecule has 130 valence electrons. The Hall–Kier alpha value is -2.24. The average molecular weight is 425 g/mol. The highest BCUT2D eigenvalue weighted by molar-refractivity contribution is 9.10. The van der Waals surface area contributed by atoms with E-state index in [1.807, 2.05) is 29.6 Å². The van der Waals surface area contributed by atoms with Gasteiger partial charge in [0.1, 0.15) is 4.83 Å². The Labute approximate surface area is 164 Å². The van der Waals surface area contributed by atoms with Gasteiger partial charge < -0.3 is 0 Å². The summed E-state index contributed by atoms with van der Waals surface area (Å²) in [5.74, 6) is 0. The van der Waals surface area contributed by atoms with Gasteiger partial charge in [-0.05, 0) is 42.7 Å². The van der Waals surface area contributed by atoms with E-state index in [1.165, 1.54) is 22.5 Å². The van der Waals surface area contributed by atoms with E-state index in [4.69, 9.17) is 0 Å². The van der Waals surface area contributed by atoms with Gasteiger partial charge in [0.25, 0.3) is 5.56 Å². The molecule has 4 rings (SSSR count). The van der Waals surface area contributed by atoms with Crippen molar-refractivity contribution >= 4 is 37.5 Å². The summed E-state index contributed by atoms with van der Waals surface area (Å²) >= 11 is 4.96. The molecule has 3 nitrogen and oxygen atoms in total. The lowest BCUT2D eigenvalue weighted by molar-refractivity contribution is 0.749. The van der Waals surface area contributed by atoms with Crippen molar-refractivity contribution in [3.05, 3.63) is 85.7 Å². The lowest BCUT2D eigenvalue weighted by Crippen LogP contribution is -2.21. The normalized spacial score (nSPS) is 11.2. The van der Waals surface area contributed by atoms with Gasteiger partial charge in [-0.1, -0.05) is 51.8 Å². The lowest BCUT2D eigenvalue weighted by atomic mass is 9.99. The molecular weight excluding hydrogens is 408 g/mol. The fraction of sp³-hybridized carbons (Fsp3) is 0.143. The van der Waals surface area contributed by atoms with Crippen LogP contribution in [0.5, 0.6) is 0 Å². The highest BCUT2D eigenvalue weighted by atomic mass is 79.9. The highest BCUT2D eigenvalue weighted by Crippen LogP contribution is 2.33. The molecule has 0 aliphatic carbocycles. The molecule has 0 saturated carbocycles. The first kappa shape index (κ1) is 17.2. The second kappa shape index (κ2) is 6.82. The van der Waals surface area contributed by atoms with Gasteiger partial charge in [0.2, 0.25) is 0 Å². The molecule has 0 radical (unpaired) electrons. The van der Waals surface area contributed by atoms with Crippen LogP contribution in [0.25, 0.3) is 21.3 Å². The predicted molar refractivity (Wildman–Crippen MR) is 112 cm³/mol. The highest BCUT2D eigenvalue weighted by Gasteiger charge is 2.15. The van der Waals surface area contributed by atoms with Crippen LogP contribution < -0.4 is 5.56 Å². The van der Waals surface area contributed by atoms with Gasteiger partial charge in [0.15, 0.2) is 0 Å². The van der Waals surface area contributed by atoms with E-state index >= 15 is 0 Å². The molecule has 2 aromatic carbocycles. The fourth-order valence-corrected chi connectivity index (χ4v) is 4.34. The van der Waals surface area contributed by atoms with Crippen molar-refractivity contribution in [2.75, 3.05) is 0 Å². The Balaban J connectivity index is 1.84. The van der Waals surface area contributed by atoms with Crippen LogP contribution in [0.15, 0.2) is 63.4 Å². The van der Waals surface area contributed by atoms with Crippen LogP contribution >= 0.6 is 27.3 Å². The average Bonchev–Trinajstić information content (AvgIpc) is 3.04. The SMILES string of the molecule is Cc1ccc(-c2csc3ncn(Cc4ccc(Br)cc4)c(=O)c23)c(C)c1. The Morgan fingerprint density at radius 3 is 2.58 bits per heavy atom. The number of aromatic nitrogens is 2. The van der Waals surface area contributed by atoms with Gasteiger partial charge in [-0.15, -0.1) is 11.3 Å². The maximum atomic E-state index is 13.2. The van der Waals surface area contributed by atoms with Crippen molar-refractivity contribution in [3.8, 4) is 11.1 Å². The maximum Gasteiger partial charge on any atom is 0.263 e. The number of aryl methyl sites for hydroxylation is 2. The molecule has 0 amide bonds. The number of halogens is 1. The number of thiophene rings is 1. The number of fused-ring (bicyclic) bond motifs is 1. The van der Waals surface area contributed by atoms with Crippen molar-refractivity contribution in [2.24, 2.45) is 0 Å². The van der Waals surface area contributed by atoms with E-state index in [0.717, 1.165) is 26.0 Å². The second-order valence-corrected chi connectivity index (χ2v) is 8.23. The third kappa shape index (κ3) is 3.13. The van der Waals surface area contributed by atoms with E-state index in [2.05, 4.69) is 53.0 Å². The third-order valence-electron chi connectivity index (χ3n) is 4.50. The summed E-state index contributed by atoms with van der Waals surface area (Å²) in [5, 5.41) is 2.75. The number of nitrogens with zero attached hydrogens (tertiary/aromatic N) is 2. The maximum absolute atomic E-state index is 13.2. The van der Waals surface area contributed by atoms with Crippen LogP contribution in [-0.4, -0.2) is 9.55 Å². The Morgan fingerprint density at radius 2 is 1.85 bits per heavy atom. The molecule has 2 aromatic heterocycles. The van der Waals surface area contributed by atoms with Gasteiger partial charge in [-0.2, -0.15) is 0 Å². The summed E-state index contributed by atoms with van der Waals surface area (Å²) in [7, 11) is 0. The fourth-order valence-electron chi connectivity index (χ4n) is 3.18. The zero-order valence-corrected chi connectivity index (χ0v) is 16.9. The Kier molecular flexibility index (Phi) is 4.51. The standard InChI is InChI=1S/C21H17BrN2OS/c1-13-3-8-17(14(2)9-13)18-11-26-20-19(18)21(25)24(12-23-20)10-15-4-6-16(22)7-5-15/h3-9,11-12H,10H2,1-2H3. The largest absolute Gasteiger partial charge is 0.294 e. The van der Waals surface area contributed by atoms with Crippen molar-refractivity contribution in [3.63, 3.8) is 0 Å². The van der Waals surface area contributed by atoms with E-state index < -0.39 is 0 Å². The summed E-state index contributed by atoms with van der Waals surface area (Å²) in [6, 6.07) is 14.3. The van der Waals surface area contributed by atoms with Crippen LogP contribution in [0.3, 0.4) is 0 Å². The van der Waals surface area contributed by atoms with Crippen molar-refractivity contribution in [2.45, 2.75) is 20.4 Å². The van der Waals surface area contributed by atoms with Gasteiger partial charge >= 0.3 is 0 Å². The molecule has 0 atom stereocenters. The summed E-state index contributed by atoms with van der Waals surface area (Å²) in [4.78, 5) is 18.5. The van der Waals surface area contributed by atoms with Crippen LogP contribution in [0.1, 0.15) is 16.7 Å².